The lowest BCUT2D eigenvalue weighted by Crippen LogP contribution is -2.49. The van der Waals surface area contributed by atoms with E-state index in [1.165, 1.54) is 17.0 Å². The summed E-state index contributed by atoms with van der Waals surface area (Å²) in [6.07, 6.45) is 0.253. The number of rotatable bonds is 7. The maximum Gasteiger partial charge on any atom is 0.325 e. The zero-order chi connectivity index (χ0) is 24.3. The van der Waals surface area contributed by atoms with Crippen LogP contribution in [0.25, 0.3) is 0 Å². The molecule has 2 aromatic carbocycles. The number of para-hydroxylation sites is 1. The van der Waals surface area contributed by atoms with Crippen molar-refractivity contribution in [2.45, 2.75) is 25.4 Å². The van der Waals surface area contributed by atoms with Crippen molar-refractivity contribution in [3.05, 3.63) is 65.5 Å². The lowest BCUT2D eigenvalue weighted by Gasteiger charge is -2.33. The fourth-order valence-corrected chi connectivity index (χ4v) is 4.16. The molecule has 5 amide bonds. The predicted molar refractivity (Wildman–Crippen MR) is 119 cm³/mol. The minimum absolute atomic E-state index is 0.182. The molecule has 1 saturated heterocycles. The number of benzene rings is 2. The first-order valence-electron chi connectivity index (χ1n) is 11.0. The van der Waals surface area contributed by atoms with E-state index in [4.69, 9.17) is 4.74 Å². The van der Waals surface area contributed by atoms with E-state index in [0.29, 0.717) is 16.9 Å². The summed E-state index contributed by atoms with van der Waals surface area (Å²) in [4.78, 5) is 53.4. The van der Waals surface area contributed by atoms with Crippen LogP contribution in [-0.4, -0.2) is 59.8 Å². The molecular weight excluding hydrogens is 443 g/mol. The van der Waals surface area contributed by atoms with Gasteiger partial charge in [-0.3, -0.25) is 19.3 Å². The summed E-state index contributed by atoms with van der Waals surface area (Å²) in [5.41, 5.74) is 0.00282. The molecule has 2 aliphatic heterocycles. The molecule has 34 heavy (non-hydrogen) atoms. The number of nitrogens with zero attached hydrogens (tertiary/aromatic N) is 2. The predicted octanol–water partition coefficient (Wildman–Crippen LogP) is 1.52. The number of hydrogen-bond donors (Lipinski definition) is 2. The highest BCUT2D eigenvalue weighted by Gasteiger charge is 2.55. The van der Waals surface area contributed by atoms with E-state index < -0.39 is 35.8 Å². The van der Waals surface area contributed by atoms with Crippen LogP contribution in [0.1, 0.15) is 24.5 Å². The van der Waals surface area contributed by atoms with Crippen LogP contribution in [0, 0.1) is 5.82 Å². The highest BCUT2D eigenvalue weighted by Crippen LogP contribution is 2.40. The third-order valence-electron chi connectivity index (χ3n) is 6.02. The number of halogens is 1. The number of imide groups is 1. The molecule has 0 unspecified atom stereocenters. The molecule has 2 aliphatic rings. The minimum Gasteiger partial charge on any atom is -0.493 e. The lowest BCUT2D eigenvalue weighted by atomic mass is 9.84. The molecule has 0 saturated carbocycles. The Balaban J connectivity index is 1.39. The molecule has 0 aromatic heterocycles. The van der Waals surface area contributed by atoms with Gasteiger partial charge in [0.05, 0.1) is 13.2 Å². The van der Waals surface area contributed by atoms with Crippen molar-refractivity contribution in [2.24, 2.45) is 0 Å². The number of ether oxygens (including phenoxy) is 1. The quantitative estimate of drug-likeness (QED) is 0.599. The van der Waals surface area contributed by atoms with Crippen LogP contribution in [0.3, 0.4) is 0 Å². The summed E-state index contributed by atoms with van der Waals surface area (Å²) in [6.45, 7) is 1.64. The third-order valence-corrected chi connectivity index (χ3v) is 6.02. The number of urea groups is 1. The van der Waals surface area contributed by atoms with Gasteiger partial charge in [0.1, 0.15) is 18.1 Å². The van der Waals surface area contributed by atoms with E-state index in [9.17, 15) is 23.6 Å². The van der Waals surface area contributed by atoms with Crippen molar-refractivity contribution in [3.8, 4) is 5.75 Å². The summed E-state index contributed by atoms with van der Waals surface area (Å²) in [5.74, 6) is -1.31. The fraction of sp³-hybridized carbons (Fsp3) is 0.333. The Morgan fingerprint density at radius 3 is 2.65 bits per heavy atom. The number of amides is 5. The van der Waals surface area contributed by atoms with Crippen LogP contribution < -0.4 is 15.4 Å². The second-order valence-electron chi connectivity index (χ2n) is 8.13. The van der Waals surface area contributed by atoms with Crippen molar-refractivity contribution in [3.63, 3.8) is 0 Å². The molecule has 1 spiro atoms. The Labute approximate surface area is 195 Å². The molecule has 1 fully saturated rings. The van der Waals surface area contributed by atoms with Crippen molar-refractivity contribution in [1.29, 1.82) is 0 Å². The molecular formula is C24H25FN4O5. The Hall–Kier alpha value is -3.95. The largest absolute Gasteiger partial charge is 0.493 e. The highest BCUT2D eigenvalue weighted by molar-refractivity contribution is 6.09. The molecule has 4 rings (SSSR count). The van der Waals surface area contributed by atoms with Crippen LogP contribution in [0.5, 0.6) is 5.75 Å². The number of hydrogen-bond acceptors (Lipinski definition) is 5. The van der Waals surface area contributed by atoms with Gasteiger partial charge in [0.25, 0.3) is 5.91 Å². The van der Waals surface area contributed by atoms with E-state index in [1.54, 1.807) is 43.3 Å². The van der Waals surface area contributed by atoms with Gasteiger partial charge in [0.15, 0.2) is 5.54 Å². The minimum atomic E-state index is -1.27. The second kappa shape index (κ2) is 9.50. The highest BCUT2D eigenvalue weighted by atomic mass is 19.1. The van der Waals surface area contributed by atoms with Crippen molar-refractivity contribution >= 4 is 23.8 Å². The number of carbonyl (C=O) groups is 4. The van der Waals surface area contributed by atoms with Gasteiger partial charge in [-0.1, -0.05) is 30.3 Å². The first kappa shape index (κ1) is 23.2. The van der Waals surface area contributed by atoms with Crippen molar-refractivity contribution < 1.29 is 28.3 Å². The Kier molecular flexibility index (Phi) is 6.49. The van der Waals surface area contributed by atoms with Crippen molar-refractivity contribution in [1.82, 2.24) is 20.4 Å². The van der Waals surface area contributed by atoms with E-state index >= 15 is 0 Å². The normalized spacial score (nSPS) is 18.8. The Morgan fingerprint density at radius 2 is 1.91 bits per heavy atom. The van der Waals surface area contributed by atoms with Gasteiger partial charge >= 0.3 is 6.03 Å². The molecule has 2 aromatic rings. The summed E-state index contributed by atoms with van der Waals surface area (Å²) < 4.78 is 18.6. The maximum atomic E-state index is 13.3. The van der Waals surface area contributed by atoms with E-state index in [2.05, 4.69) is 10.6 Å². The lowest BCUT2D eigenvalue weighted by molar-refractivity contribution is -0.141. The van der Waals surface area contributed by atoms with Gasteiger partial charge < -0.3 is 20.3 Å². The van der Waals surface area contributed by atoms with Crippen LogP contribution in [-0.2, 0) is 26.5 Å². The SMILES string of the molecule is CCN(CC(=O)NCc1ccc(F)cc1)C(=O)CN1C(=O)N[C@@]2(CCOc3ccccc32)C1=O. The van der Waals surface area contributed by atoms with Gasteiger partial charge in [-0.15, -0.1) is 0 Å². The second-order valence-corrected chi connectivity index (χ2v) is 8.13. The van der Waals surface area contributed by atoms with Gasteiger partial charge in [0.2, 0.25) is 11.8 Å². The Bertz CT molecular complexity index is 1120. The molecule has 2 N–H and O–H groups in total. The average molecular weight is 468 g/mol. The third kappa shape index (κ3) is 4.43. The molecule has 10 heteroatoms. The summed E-state index contributed by atoms with van der Waals surface area (Å²) in [5, 5.41) is 5.43. The first-order chi connectivity index (χ1) is 16.3. The van der Waals surface area contributed by atoms with E-state index in [0.717, 1.165) is 4.90 Å². The number of carbonyl (C=O) groups excluding carboxylic acids is 4. The number of fused-ring (bicyclic) bond motifs is 2. The summed E-state index contributed by atoms with van der Waals surface area (Å²) >= 11 is 0. The summed E-state index contributed by atoms with van der Waals surface area (Å²) in [7, 11) is 0. The first-order valence-corrected chi connectivity index (χ1v) is 11.0. The monoisotopic (exact) mass is 468 g/mol. The smallest absolute Gasteiger partial charge is 0.325 e. The molecule has 1 atom stereocenters. The number of likely N-dealkylation sites (N-methyl/N-ethyl adjacent to an activating group) is 1. The standard InChI is InChI=1S/C24H25FN4O5/c1-2-28(14-20(30)26-13-16-7-9-17(25)10-8-16)21(31)15-29-22(32)24(27-23(29)33)11-12-34-19-6-4-3-5-18(19)24/h3-10H,2,11-15H2,1H3,(H,26,30)(H,27,33)/t24-/m1/s1. The van der Waals surface area contributed by atoms with Crippen LogP contribution in [0.4, 0.5) is 9.18 Å². The fourth-order valence-electron chi connectivity index (χ4n) is 4.16. The zero-order valence-corrected chi connectivity index (χ0v) is 18.7. The van der Waals surface area contributed by atoms with Crippen molar-refractivity contribution in [2.75, 3.05) is 26.2 Å². The average Bonchev–Trinajstić information content (AvgIpc) is 3.07. The molecule has 0 bridgehead atoms. The van der Waals surface area contributed by atoms with Crippen LogP contribution in [0.15, 0.2) is 48.5 Å². The topological polar surface area (TPSA) is 108 Å². The molecule has 178 valence electrons. The molecule has 9 nitrogen and oxygen atoms in total. The zero-order valence-electron chi connectivity index (χ0n) is 18.7. The van der Waals surface area contributed by atoms with Crippen LogP contribution in [0.2, 0.25) is 0 Å². The van der Waals surface area contributed by atoms with Gasteiger partial charge in [-0.25, -0.2) is 9.18 Å². The molecule has 2 heterocycles. The van der Waals surface area contributed by atoms with E-state index in [1.807, 2.05) is 0 Å². The number of nitrogens with one attached hydrogen (secondary N) is 2. The van der Waals surface area contributed by atoms with Gasteiger partial charge in [-0.2, -0.15) is 0 Å². The van der Waals surface area contributed by atoms with Gasteiger partial charge in [-0.05, 0) is 30.7 Å². The Morgan fingerprint density at radius 1 is 1.18 bits per heavy atom. The maximum absolute atomic E-state index is 13.3. The van der Waals surface area contributed by atoms with E-state index in [-0.39, 0.29) is 38.5 Å². The molecule has 0 radical (unpaired) electrons. The molecule has 0 aliphatic carbocycles. The van der Waals surface area contributed by atoms with Crippen LogP contribution >= 0.6 is 0 Å². The summed E-state index contributed by atoms with van der Waals surface area (Å²) in [6, 6.07) is 12.0. The van der Waals surface area contributed by atoms with Gasteiger partial charge in [0, 0.05) is 25.1 Å².